The van der Waals surface area contributed by atoms with E-state index < -0.39 is 9.70 Å². The Hall–Kier alpha value is -0.690. The maximum atomic E-state index is 12.3. The van der Waals surface area contributed by atoms with Crippen molar-refractivity contribution in [2.24, 2.45) is 0 Å². The summed E-state index contributed by atoms with van der Waals surface area (Å²) in [6.45, 7) is 4.84. The van der Waals surface area contributed by atoms with Gasteiger partial charge >= 0.3 is 5.69 Å². The van der Waals surface area contributed by atoms with Crippen molar-refractivity contribution >= 4 is 73.4 Å². The fraction of sp³-hybridized carbons (Fsp3) is 0.385. The van der Waals surface area contributed by atoms with Crippen LogP contribution in [0.25, 0.3) is 11.0 Å². The van der Waals surface area contributed by atoms with Crippen LogP contribution in [-0.4, -0.2) is 18.8 Å². The Bertz CT molecular complexity index is 792. The first-order valence-electron chi connectivity index (χ1n) is 6.51. The number of rotatable bonds is 3. The Balaban J connectivity index is 2.62. The average Bonchev–Trinajstić information content (AvgIpc) is 2.68. The summed E-state index contributed by atoms with van der Waals surface area (Å²) in [5.74, 6) is -0.766. The summed E-state index contributed by atoms with van der Waals surface area (Å²) in [5.41, 5.74) is 1.81. The van der Waals surface area contributed by atoms with Gasteiger partial charge in [-0.25, -0.2) is 4.79 Å². The lowest BCUT2D eigenvalue weighted by molar-refractivity contribution is -0.115. The summed E-state index contributed by atoms with van der Waals surface area (Å²) in [4.78, 5) is 24.1. The number of nitrogens with one attached hydrogen (secondary N) is 1. The van der Waals surface area contributed by atoms with E-state index in [9.17, 15) is 9.59 Å². The molecular weight excluding hydrogens is 416 g/mol. The predicted molar refractivity (Wildman–Crippen MR) is 94.2 cm³/mol. The Morgan fingerprint density at radius 3 is 2.14 bits per heavy atom. The predicted octanol–water partition coefficient (Wildman–Crippen LogP) is 3.91. The van der Waals surface area contributed by atoms with Gasteiger partial charge < -0.3 is 5.32 Å². The molecule has 1 aromatic heterocycles. The molecule has 0 aliphatic rings. The van der Waals surface area contributed by atoms with Gasteiger partial charge in [0, 0.05) is 17.6 Å². The smallest absolute Gasteiger partial charge is 0.321 e. The van der Waals surface area contributed by atoms with Crippen LogP contribution in [0.2, 0.25) is 0 Å². The van der Waals surface area contributed by atoms with E-state index in [2.05, 4.69) is 21.2 Å². The number of imidazole rings is 1. The number of amides is 1. The zero-order valence-electron chi connectivity index (χ0n) is 11.8. The summed E-state index contributed by atoms with van der Waals surface area (Å²) in [6, 6.07) is 3.45. The second-order valence-electron chi connectivity index (χ2n) is 4.54. The van der Waals surface area contributed by atoms with Crippen LogP contribution in [0.4, 0.5) is 5.69 Å². The van der Waals surface area contributed by atoms with E-state index in [1.807, 2.05) is 13.8 Å². The Labute approximate surface area is 150 Å². The molecule has 0 atom stereocenters. The molecule has 0 aliphatic carbocycles. The summed E-state index contributed by atoms with van der Waals surface area (Å²) in [6.07, 6.45) is 0. The molecule has 2 rings (SSSR count). The lowest BCUT2D eigenvalue weighted by Gasteiger charge is -2.13. The highest BCUT2D eigenvalue weighted by molar-refractivity contribution is 9.10. The van der Waals surface area contributed by atoms with Gasteiger partial charge in [0.05, 0.1) is 16.7 Å². The van der Waals surface area contributed by atoms with Crippen molar-refractivity contribution in [3.8, 4) is 0 Å². The molecule has 1 N–H and O–H groups in total. The number of hydrogen-bond acceptors (Lipinski definition) is 2. The molecule has 5 nitrogen and oxygen atoms in total. The molecule has 0 bridgehead atoms. The Morgan fingerprint density at radius 2 is 1.68 bits per heavy atom. The molecule has 0 aliphatic heterocycles. The molecule has 0 spiro atoms. The van der Waals surface area contributed by atoms with Crippen molar-refractivity contribution < 1.29 is 4.79 Å². The van der Waals surface area contributed by atoms with Crippen LogP contribution in [0.3, 0.4) is 0 Å². The number of aryl methyl sites for hydroxylation is 2. The highest BCUT2D eigenvalue weighted by Gasteiger charge is 2.31. The SMILES string of the molecule is CCn1c(=O)n(CC)c2cc(NC(=O)C(Cl)(Cl)Cl)c(Br)cc21. The van der Waals surface area contributed by atoms with Crippen molar-refractivity contribution in [1.82, 2.24) is 9.13 Å². The maximum Gasteiger partial charge on any atom is 0.329 e. The zero-order valence-corrected chi connectivity index (χ0v) is 15.6. The topological polar surface area (TPSA) is 56.0 Å². The molecule has 0 saturated carbocycles. The first-order valence-corrected chi connectivity index (χ1v) is 8.44. The third-order valence-electron chi connectivity index (χ3n) is 3.25. The van der Waals surface area contributed by atoms with Crippen LogP contribution in [0.15, 0.2) is 21.4 Å². The third kappa shape index (κ3) is 3.15. The molecule has 22 heavy (non-hydrogen) atoms. The summed E-state index contributed by atoms with van der Waals surface area (Å²) in [5, 5.41) is 2.53. The van der Waals surface area contributed by atoms with Gasteiger partial charge in [-0.1, -0.05) is 34.8 Å². The van der Waals surface area contributed by atoms with Gasteiger partial charge in [-0.15, -0.1) is 0 Å². The number of alkyl halides is 3. The standard InChI is InChI=1S/C13H13BrCl3N3O2/c1-3-19-9-5-7(14)8(18-11(21)13(15,16)17)6-10(9)20(4-2)12(19)22/h5-6H,3-4H2,1-2H3,(H,18,21). The highest BCUT2D eigenvalue weighted by atomic mass is 79.9. The number of anilines is 1. The van der Waals surface area contributed by atoms with Crippen LogP contribution >= 0.6 is 50.7 Å². The van der Waals surface area contributed by atoms with Crippen LogP contribution in [0.1, 0.15) is 13.8 Å². The molecule has 0 radical (unpaired) electrons. The minimum atomic E-state index is -2.06. The van der Waals surface area contributed by atoms with Gasteiger partial charge in [-0.3, -0.25) is 13.9 Å². The van der Waals surface area contributed by atoms with E-state index in [1.54, 1.807) is 21.3 Å². The molecule has 120 valence electrons. The third-order valence-corrected chi connectivity index (χ3v) is 4.42. The highest BCUT2D eigenvalue weighted by Crippen LogP contribution is 2.32. The molecule has 0 fully saturated rings. The van der Waals surface area contributed by atoms with Crippen molar-refractivity contribution in [3.05, 3.63) is 27.1 Å². The second kappa shape index (κ2) is 6.43. The first kappa shape index (κ1) is 17.7. The first-order chi connectivity index (χ1) is 10.2. The molecule has 0 saturated heterocycles. The van der Waals surface area contributed by atoms with Gasteiger partial charge in [0.2, 0.25) is 0 Å². The largest absolute Gasteiger partial charge is 0.329 e. The lowest BCUT2D eigenvalue weighted by atomic mass is 10.2. The quantitative estimate of drug-likeness (QED) is 0.752. The Morgan fingerprint density at radius 1 is 1.18 bits per heavy atom. The molecule has 9 heteroatoms. The number of halogens is 4. The van der Waals surface area contributed by atoms with Crippen LogP contribution in [0, 0.1) is 0 Å². The minimum Gasteiger partial charge on any atom is -0.321 e. The van der Waals surface area contributed by atoms with E-state index in [1.165, 1.54) is 0 Å². The zero-order chi connectivity index (χ0) is 16.7. The van der Waals surface area contributed by atoms with E-state index in [4.69, 9.17) is 34.8 Å². The van der Waals surface area contributed by atoms with Crippen molar-refractivity contribution in [3.63, 3.8) is 0 Å². The molecule has 2 aromatic rings. The normalized spacial score (nSPS) is 11.9. The van der Waals surface area contributed by atoms with E-state index in [-0.39, 0.29) is 5.69 Å². The number of aromatic nitrogens is 2. The monoisotopic (exact) mass is 427 g/mol. The van der Waals surface area contributed by atoms with Gasteiger partial charge in [-0.2, -0.15) is 0 Å². The van der Waals surface area contributed by atoms with Crippen LogP contribution in [-0.2, 0) is 17.9 Å². The number of fused-ring (bicyclic) bond motifs is 1. The number of hydrogen-bond donors (Lipinski definition) is 1. The van der Waals surface area contributed by atoms with Crippen molar-refractivity contribution in [2.75, 3.05) is 5.32 Å². The van der Waals surface area contributed by atoms with Gasteiger partial charge in [0.15, 0.2) is 0 Å². The van der Waals surface area contributed by atoms with Crippen LogP contribution in [0.5, 0.6) is 0 Å². The van der Waals surface area contributed by atoms with Gasteiger partial charge in [0.1, 0.15) is 0 Å². The minimum absolute atomic E-state index is 0.100. The molecular formula is C13H13BrCl3N3O2. The lowest BCUT2D eigenvalue weighted by Crippen LogP contribution is -2.27. The summed E-state index contributed by atoms with van der Waals surface area (Å²) in [7, 11) is 0. The number of nitrogens with zero attached hydrogens (tertiary/aromatic N) is 2. The van der Waals surface area contributed by atoms with Crippen molar-refractivity contribution in [2.45, 2.75) is 30.7 Å². The van der Waals surface area contributed by atoms with Gasteiger partial charge in [-0.05, 0) is 41.9 Å². The maximum absolute atomic E-state index is 12.3. The summed E-state index contributed by atoms with van der Waals surface area (Å²) >= 11 is 20.0. The second-order valence-corrected chi connectivity index (χ2v) is 7.68. The van der Waals surface area contributed by atoms with Crippen LogP contribution < -0.4 is 11.0 Å². The summed E-state index contributed by atoms with van der Waals surface area (Å²) < 4.78 is 1.81. The molecule has 0 unspecified atom stereocenters. The van der Waals surface area contributed by atoms with Crippen molar-refractivity contribution in [1.29, 1.82) is 0 Å². The average molecular weight is 430 g/mol. The Kier molecular flexibility index (Phi) is 5.16. The molecule has 1 amide bonds. The van der Waals surface area contributed by atoms with E-state index in [0.29, 0.717) is 28.8 Å². The fourth-order valence-corrected chi connectivity index (χ4v) is 2.81. The van der Waals surface area contributed by atoms with Gasteiger partial charge in [0.25, 0.3) is 9.70 Å². The fourth-order valence-electron chi connectivity index (χ4n) is 2.24. The molecule has 1 aromatic carbocycles. The number of benzene rings is 1. The number of carbonyl (C=O) groups excluding carboxylic acids is 1. The molecule has 1 heterocycles. The number of carbonyl (C=O) groups is 1. The van der Waals surface area contributed by atoms with E-state index in [0.717, 1.165) is 5.52 Å². The van der Waals surface area contributed by atoms with E-state index >= 15 is 0 Å².